The first-order valence-electron chi connectivity index (χ1n) is 11.2. The second-order valence-corrected chi connectivity index (χ2v) is 7.77. The van der Waals surface area contributed by atoms with Crippen LogP contribution >= 0.6 is 0 Å². The highest BCUT2D eigenvalue weighted by Gasteiger charge is 2.34. The fraction of sp³-hybridized carbons (Fsp3) is 0.400. The SMILES string of the molecule is CCOC(=O)CNC(=O)N1CCCC1C(=O)NCCC(c1ccccc1)c1ccccc1. The minimum absolute atomic E-state index is 0.159. The molecule has 0 aliphatic carbocycles. The molecule has 2 aromatic rings. The summed E-state index contributed by atoms with van der Waals surface area (Å²) >= 11 is 0. The van der Waals surface area contributed by atoms with Gasteiger partial charge in [-0.05, 0) is 37.3 Å². The number of urea groups is 1. The molecule has 1 unspecified atom stereocenters. The minimum atomic E-state index is -0.524. The Balaban J connectivity index is 1.55. The predicted octanol–water partition coefficient (Wildman–Crippen LogP) is 3.06. The molecule has 32 heavy (non-hydrogen) atoms. The average Bonchev–Trinajstić information content (AvgIpc) is 3.32. The second-order valence-electron chi connectivity index (χ2n) is 7.77. The molecule has 1 saturated heterocycles. The average molecular weight is 438 g/mol. The van der Waals surface area contributed by atoms with Crippen molar-refractivity contribution < 1.29 is 19.1 Å². The highest BCUT2D eigenvalue weighted by Crippen LogP contribution is 2.27. The normalized spacial score (nSPS) is 15.4. The lowest BCUT2D eigenvalue weighted by Gasteiger charge is -2.25. The number of esters is 1. The standard InChI is InChI=1S/C25H31N3O4/c1-2-32-23(29)18-27-25(31)28-17-9-14-22(28)24(30)26-16-15-21(19-10-5-3-6-11-19)20-12-7-4-8-13-20/h3-8,10-13,21-22H,2,9,14-18H2,1H3,(H,26,30)(H,27,31). The molecule has 0 radical (unpaired) electrons. The van der Waals surface area contributed by atoms with Gasteiger partial charge in [-0.3, -0.25) is 9.59 Å². The Morgan fingerprint density at radius 1 is 1.00 bits per heavy atom. The van der Waals surface area contributed by atoms with E-state index in [1.165, 1.54) is 16.0 Å². The number of likely N-dealkylation sites (tertiary alicyclic amines) is 1. The number of benzene rings is 2. The lowest BCUT2D eigenvalue weighted by molar-refractivity contribution is -0.141. The smallest absolute Gasteiger partial charge is 0.325 e. The van der Waals surface area contributed by atoms with E-state index in [1.807, 2.05) is 36.4 Å². The van der Waals surface area contributed by atoms with Crippen LogP contribution < -0.4 is 10.6 Å². The van der Waals surface area contributed by atoms with Crippen LogP contribution in [0.15, 0.2) is 60.7 Å². The third kappa shape index (κ3) is 6.33. The molecule has 1 heterocycles. The van der Waals surface area contributed by atoms with E-state index < -0.39 is 18.0 Å². The molecule has 7 nitrogen and oxygen atoms in total. The summed E-state index contributed by atoms with van der Waals surface area (Å²) in [5.74, 6) is -0.479. The zero-order valence-electron chi connectivity index (χ0n) is 18.5. The molecule has 170 valence electrons. The summed E-state index contributed by atoms with van der Waals surface area (Å²) < 4.78 is 4.83. The maximum atomic E-state index is 12.8. The summed E-state index contributed by atoms with van der Waals surface area (Å²) in [7, 11) is 0. The van der Waals surface area contributed by atoms with Crippen LogP contribution in [0.1, 0.15) is 43.2 Å². The predicted molar refractivity (Wildman–Crippen MR) is 122 cm³/mol. The van der Waals surface area contributed by atoms with Crippen LogP contribution in [0.2, 0.25) is 0 Å². The molecule has 0 aromatic heterocycles. The second kappa shape index (κ2) is 11.9. The van der Waals surface area contributed by atoms with E-state index in [0.717, 1.165) is 12.8 Å². The molecule has 7 heteroatoms. The topological polar surface area (TPSA) is 87.7 Å². The van der Waals surface area contributed by atoms with Gasteiger partial charge in [0.05, 0.1) is 6.61 Å². The molecule has 3 amide bonds. The number of amides is 3. The Morgan fingerprint density at radius 2 is 1.62 bits per heavy atom. The van der Waals surface area contributed by atoms with Crippen molar-refractivity contribution in [3.05, 3.63) is 71.8 Å². The summed E-state index contributed by atoms with van der Waals surface area (Å²) in [6.07, 6.45) is 2.11. The largest absolute Gasteiger partial charge is 0.465 e. The highest BCUT2D eigenvalue weighted by molar-refractivity contribution is 5.88. The van der Waals surface area contributed by atoms with Crippen LogP contribution in [0.4, 0.5) is 4.79 Å². The van der Waals surface area contributed by atoms with Gasteiger partial charge in [0.2, 0.25) is 5.91 Å². The van der Waals surface area contributed by atoms with Crippen LogP contribution in [0.5, 0.6) is 0 Å². The van der Waals surface area contributed by atoms with E-state index in [9.17, 15) is 14.4 Å². The number of carbonyl (C=O) groups is 3. The number of carbonyl (C=O) groups excluding carboxylic acids is 3. The zero-order chi connectivity index (χ0) is 22.8. The molecular weight excluding hydrogens is 406 g/mol. The van der Waals surface area contributed by atoms with Gasteiger partial charge in [0.15, 0.2) is 0 Å². The first-order valence-corrected chi connectivity index (χ1v) is 11.2. The maximum absolute atomic E-state index is 12.8. The van der Waals surface area contributed by atoms with Crippen molar-refractivity contribution >= 4 is 17.9 Å². The minimum Gasteiger partial charge on any atom is -0.465 e. The summed E-state index contributed by atoms with van der Waals surface area (Å²) in [4.78, 5) is 38.3. The lowest BCUT2D eigenvalue weighted by atomic mass is 9.88. The molecule has 0 spiro atoms. The quantitative estimate of drug-likeness (QED) is 0.590. The van der Waals surface area contributed by atoms with Gasteiger partial charge >= 0.3 is 12.0 Å². The Labute approximate surface area is 189 Å². The van der Waals surface area contributed by atoms with Crippen molar-refractivity contribution in [3.63, 3.8) is 0 Å². The Hall–Kier alpha value is -3.35. The lowest BCUT2D eigenvalue weighted by Crippen LogP contribution is -2.50. The van der Waals surface area contributed by atoms with E-state index in [-0.39, 0.29) is 25.0 Å². The number of nitrogens with one attached hydrogen (secondary N) is 2. The molecule has 3 rings (SSSR count). The van der Waals surface area contributed by atoms with E-state index in [0.29, 0.717) is 19.5 Å². The fourth-order valence-corrected chi connectivity index (χ4v) is 4.10. The van der Waals surface area contributed by atoms with Gasteiger partial charge in [-0.1, -0.05) is 60.7 Å². The van der Waals surface area contributed by atoms with Gasteiger partial charge in [0, 0.05) is 19.0 Å². The molecule has 1 aliphatic heterocycles. The zero-order valence-corrected chi connectivity index (χ0v) is 18.5. The summed E-state index contributed by atoms with van der Waals surface area (Å²) in [5.41, 5.74) is 2.41. The third-order valence-electron chi connectivity index (χ3n) is 5.64. The number of nitrogens with zero attached hydrogens (tertiary/aromatic N) is 1. The molecule has 1 aliphatic rings. The summed E-state index contributed by atoms with van der Waals surface area (Å²) in [6.45, 7) is 2.76. The van der Waals surface area contributed by atoms with Crippen molar-refractivity contribution in [1.82, 2.24) is 15.5 Å². The molecular formula is C25H31N3O4. The van der Waals surface area contributed by atoms with Crippen LogP contribution in [0, 0.1) is 0 Å². The maximum Gasteiger partial charge on any atom is 0.325 e. The van der Waals surface area contributed by atoms with E-state index >= 15 is 0 Å². The third-order valence-corrected chi connectivity index (χ3v) is 5.64. The fourth-order valence-electron chi connectivity index (χ4n) is 4.10. The van der Waals surface area contributed by atoms with Crippen molar-refractivity contribution in [2.45, 2.75) is 38.1 Å². The molecule has 2 aromatic carbocycles. The molecule has 1 fully saturated rings. The van der Waals surface area contributed by atoms with Gasteiger partial charge in [0.25, 0.3) is 0 Å². The summed E-state index contributed by atoms with van der Waals surface area (Å²) in [6, 6.07) is 19.6. The van der Waals surface area contributed by atoms with E-state index in [4.69, 9.17) is 4.74 Å². The highest BCUT2D eigenvalue weighted by atomic mass is 16.5. The van der Waals surface area contributed by atoms with Gasteiger partial charge < -0.3 is 20.3 Å². The number of ether oxygens (including phenoxy) is 1. The van der Waals surface area contributed by atoms with E-state index in [1.54, 1.807) is 6.92 Å². The Bertz CT molecular complexity index is 849. The van der Waals surface area contributed by atoms with Crippen molar-refractivity contribution in [2.75, 3.05) is 26.2 Å². The van der Waals surface area contributed by atoms with Gasteiger partial charge in [-0.15, -0.1) is 0 Å². The van der Waals surface area contributed by atoms with Crippen LogP contribution in [0.3, 0.4) is 0 Å². The number of hydrogen-bond acceptors (Lipinski definition) is 4. The Morgan fingerprint density at radius 3 is 2.22 bits per heavy atom. The van der Waals surface area contributed by atoms with Gasteiger partial charge in [-0.2, -0.15) is 0 Å². The van der Waals surface area contributed by atoms with Crippen LogP contribution in [-0.2, 0) is 14.3 Å². The van der Waals surface area contributed by atoms with Crippen molar-refractivity contribution in [3.8, 4) is 0 Å². The monoisotopic (exact) mass is 437 g/mol. The number of hydrogen-bond donors (Lipinski definition) is 2. The molecule has 0 saturated carbocycles. The molecule has 1 atom stereocenters. The van der Waals surface area contributed by atoms with Gasteiger partial charge in [-0.25, -0.2) is 4.79 Å². The Kier molecular flexibility index (Phi) is 8.66. The van der Waals surface area contributed by atoms with Gasteiger partial charge in [0.1, 0.15) is 12.6 Å². The first-order chi connectivity index (χ1) is 15.6. The van der Waals surface area contributed by atoms with Crippen LogP contribution in [0.25, 0.3) is 0 Å². The van der Waals surface area contributed by atoms with Crippen molar-refractivity contribution in [1.29, 1.82) is 0 Å². The first kappa shape index (κ1) is 23.3. The molecule has 0 bridgehead atoms. The summed E-state index contributed by atoms with van der Waals surface area (Å²) in [5, 5.41) is 5.56. The van der Waals surface area contributed by atoms with Crippen molar-refractivity contribution in [2.24, 2.45) is 0 Å². The number of rotatable bonds is 9. The van der Waals surface area contributed by atoms with Crippen LogP contribution in [-0.4, -0.2) is 55.1 Å². The molecule has 2 N–H and O–H groups in total. The van der Waals surface area contributed by atoms with E-state index in [2.05, 4.69) is 34.9 Å².